The Morgan fingerprint density at radius 2 is 1.39 bits per heavy atom. The number of nitrogens with zero attached hydrogens (tertiary/aromatic N) is 4. The van der Waals surface area contributed by atoms with Gasteiger partial charge in [-0.05, 0) is 54.1 Å². The zero-order valence-corrected chi connectivity index (χ0v) is 11.8. The van der Waals surface area contributed by atoms with Crippen LogP contribution in [0, 0.1) is 0 Å². The molecule has 23 heavy (non-hydrogen) atoms. The lowest BCUT2D eigenvalue weighted by atomic mass is 10.2. The molecule has 0 aliphatic carbocycles. The SMILES string of the molecule is [N-]=[N+]=Nc1ccc(Oc2ccc(N3C(=O)C=CC3=O)cc2)cc1. The summed E-state index contributed by atoms with van der Waals surface area (Å²) in [4.78, 5) is 27.0. The van der Waals surface area contributed by atoms with Crippen molar-refractivity contribution >= 4 is 23.2 Å². The number of hydrogen-bond acceptors (Lipinski definition) is 4. The first kappa shape index (κ1) is 14.4. The van der Waals surface area contributed by atoms with Crippen molar-refractivity contribution in [3.8, 4) is 11.5 Å². The summed E-state index contributed by atoms with van der Waals surface area (Å²) in [5, 5.41) is 3.47. The van der Waals surface area contributed by atoms with Crippen LogP contribution in [0.4, 0.5) is 11.4 Å². The van der Waals surface area contributed by atoms with Gasteiger partial charge >= 0.3 is 0 Å². The van der Waals surface area contributed by atoms with E-state index in [4.69, 9.17) is 10.3 Å². The average Bonchev–Trinajstić information content (AvgIpc) is 2.89. The van der Waals surface area contributed by atoms with Gasteiger partial charge in [-0.1, -0.05) is 5.11 Å². The number of carbonyl (C=O) groups is 2. The van der Waals surface area contributed by atoms with Crippen LogP contribution in [0.3, 0.4) is 0 Å². The molecule has 1 aliphatic rings. The molecule has 2 amide bonds. The largest absolute Gasteiger partial charge is 0.457 e. The van der Waals surface area contributed by atoms with Crippen LogP contribution in [0.5, 0.6) is 11.5 Å². The molecular formula is C16H10N4O3. The lowest BCUT2D eigenvalue weighted by molar-refractivity contribution is -0.119. The summed E-state index contributed by atoms with van der Waals surface area (Å²) in [7, 11) is 0. The Balaban J connectivity index is 1.73. The Kier molecular flexibility index (Phi) is 3.78. The maximum absolute atomic E-state index is 11.6. The maximum Gasteiger partial charge on any atom is 0.258 e. The third-order valence-corrected chi connectivity index (χ3v) is 3.14. The topological polar surface area (TPSA) is 95.4 Å². The van der Waals surface area contributed by atoms with E-state index in [2.05, 4.69) is 10.0 Å². The van der Waals surface area contributed by atoms with Crippen LogP contribution in [0.1, 0.15) is 0 Å². The summed E-state index contributed by atoms with van der Waals surface area (Å²) in [5.41, 5.74) is 9.32. The summed E-state index contributed by atoms with van der Waals surface area (Å²) >= 11 is 0. The molecule has 7 nitrogen and oxygen atoms in total. The highest BCUT2D eigenvalue weighted by Crippen LogP contribution is 2.27. The van der Waals surface area contributed by atoms with Crippen molar-refractivity contribution in [2.75, 3.05) is 4.90 Å². The minimum absolute atomic E-state index is 0.364. The van der Waals surface area contributed by atoms with Gasteiger partial charge in [-0.3, -0.25) is 9.59 Å². The van der Waals surface area contributed by atoms with Crippen LogP contribution >= 0.6 is 0 Å². The second kappa shape index (κ2) is 6.05. The Labute approximate surface area is 131 Å². The highest BCUT2D eigenvalue weighted by atomic mass is 16.5. The lowest BCUT2D eigenvalue weighted by Gasteiger charge is -2.14. The Morgan fingerprint density at radius 1 is 0.870 bits per heavy atom. The van der Waals surface area contributed by atoms with E-state index in [0.717, 1.165) is 4.90 Å². The molecule has 0 radical (unpaired) electrons. The van der Waals surface area contributed by atoms with Crippen molar-refractivity contribution in [2.45, 2.75) is 0 Å². The standard InChI is InChI=1S/C16H10N4O3/c17-19-18-11-1-5-13(6-2-11)23-14-7-3-12(4-8-14)20-15(21)9-10-16(20)22/h1-10H. The average molecular weight is 306 g/mol. The summed E-state index contributed by atoms with van der Waals surface area (Å²) in [6, 6.07) is 13.2. The van der Waals surface area contributed by atoms with E-state index < -0.39 is 0 Å². The second-order valence-electron chi connectivity index (χ2n) is 4.62. The highest BCUT2D eigenvalue weighted by Gasteiger charge is 2.24. The first-order valence-electron chi connectivity index (χ1n) is 6.66. The molecule has 1 heterocycles. The van der Waals surface area contributed by atoms with Gasteiger partial charge in [0.05, 0.1) is 5.69 Å². The molecule has 2 aromatic carbocycles. The van der Waals surface area contributed by atoms with Gasteiger partial charge in [-0.15, -0.1) is 0 Å². The molecule has 0 aromatic heterocycles. The highest BCUT2D eigenvalue weighted by molar-refractivity contribution is 6.28. The molecule has 0 fully saturated rings. The predicted octanol–water partition coefficient (Wildman–Crippen LogP) is 3.85. The van der Waals surface area contributed by atoms with Crippen molar-refractivity contribution in [2.24, 2.45) is 5.11 Å². The first-order valence-corrected chi connectivity index (χ1v) is 6.66. The van der Waals surface area contributed by atoms with Crippen LogP contribution in [-0.2, 0) is 9.59 Å². The van der Waals surface area contributed by atoms with Gasteiger partial charge in [0.1, 0.15) is 11.5 Å². The summed E-state index contributed by atoms with van der Waals surface area (Å²) in [6.45, 7) is 0. The number of amides is 2. The number of imide groups is 1. The zero-order chi connectivity index (χ0) is 16.2. The second-order valence-corrected chi connectivity index (χ2v) is 4.62. The van der Waals surface area contributed by atoms with Gasteiger partial charge in [0.2, 0.25) is 0 Å². The summed E-state index contributed by atoms with van der Waals surface area (Å²) in [6.07, 6.45) is 2.47. The van der Waals surface area contributed by atoms with Crippen molar-refractivity contribution in [1.82, 2.24) is 0 Å². The first-order chi connectivity index (χ1) is 11.2. The van der Waals surface area contributed by atoms with Gasteiger partial charge in [0, 0.05) is 22.8 Å². The molecule has 0 saturated carbocycles. The van der Waals surface area contributed by atoms with E-state index in [9.17, 15) is 9.59 Å². The van der Waals surface area contributed by atoms with Crippen molar-refractivity contribution < 1.29 is 14.3 Å². The van der Waals surface area contributed by atoms with E-state index >= 15 is 0 Å². The van der Waals surface area contributed by atoms with Crippen LogP contribution < -0.4 is 9.64 Å². The Bertz CT molecular complexity index is 817. The van der Waals surface area contributed by atoms with E-state index in [1.807, 2.05) is 0 Å². The van der Waals surface area contributed by atoms with Gasteiger partial charge in [-0.2, -0.15) is 0 Å². The van der Waals surface area contributed by atoms with Crippen LogP contribution in [0.25, 0.3) is 10.4 Å². The third-order valence-electron chi connectivity index (χ3n) is 3.14. The van der Waals surface area contributed by atoms with E-state index in [1.165, 1.54) is 12.2 Å². The number of carbonyl (C=O) groups excluding carboxylic acids is 2. The van der Waals surface area contributed by atoms with E-state index in [-0.39, 0.29) is 11.8 Å². The van der Waals surface area contributed by atoms with E-state index in [0.29, 0.717) is 22.9 Å². The summed E-state index contributed by atoms with van der Waals surface area (Å²) < 4.78 is 5.64. The molecule has 3 rings (SSSR count). The molecule has 0 atom stereocenters. The number of ether oxygens (including phenoxy) is 1. The fourth-order valence-corrected chi connectivity index (χ4v) is 2.09. The van der Waals surface area contributed by atoms with Crippen LogP contribution in [-0.4, -0.2) is 11.8 Å². The van der Waals surface area contributed by atoms with Crippen molar-refractivity contribution in [1.29, 1.82) is 0 Å². The molecule has 1 aliphatic heterocycles. The van der Waals surface area contributed by atoms with Crippen LogP contribution in [0.15, 0.2) is 65.8 Å². The van der Waals surface area contributed by atoms with Crippen molar-refractivity contribution in [3.05, 3.63) is 71.1 Å². The number of benzene rings is 2. The van der Waals surface area contributed by atoms with Gasteiger partial charge in [0.15, 0.2) is 0 Å². The fourth-order valence-electron chi connectivity index (χ4n) is 2.09. The molecule has 0 saturated heterocycles. The quantitative estimate of drug-likeness (QED) is 0.371. The molecule has 0 unspecified atom stereocenters. The number of rotatable bonds is 4. The van der Waals surface area contributed by atoms with Gasteiger partial charge in [-0.25, -0.2) is 4.90 Å². The molecule has 0 N–H and O–H groups in total. The Morgan fingerprint density at radius 3 is 1.91 bits per heavy atom. The Hall–Kier alpha value is -3.57. The predicted molar refractivity (Wildman–Crippen MR) is 83.4 cm³/mol. The molecule has 7 heteroatoms. The fraction of sp³-hybridized carbons (Fsp3) is 0. The molecule has 2 aromatic rings. The van der Waals surface area contributed by atoms with Crippen molar-refractivity contribution in [3.63, 3.8) is 0 Å². The minimum atomic E-state index is -0.364. The molecule has 0 spiro atoms. The monoisotopic (exact) mass is 306 g/mol. The lowest BCUT2D eigenvalue weighted by Crippen LogP contribution is -2.29. The molecule has 112 valence electrons. The smallest absolute Gasteiger partial charge is 0.258 e. The maximum atomic E-state index is 11.6. The third kappa shape index (κ3) is 3.04. The minimum Gasteiger partial charge on any atom is -0.457 e. The number of anilines is 1. The molecule has 0 bridgehead atoms. The number of azide groups is 1. The van der Waals surface area contributed by atoms with Gasteiger partial charge < -0.3 is 4.74 Å². The number of hydrogen-bond donors (Lipinski definition) is 0. The zero-order valence-electron chi connectivity index (χ0n) is 11.8. The summed E-state index contributed by atoms with van der Waals surface area (Å²) in [5.74, 6) is 0.400. The normalized spacial score (nSPS) is 13.1. The molecular weight excluding hydrogens is 296 g/mol. The van der Waals surface area contributed by atoms with Gasteiger partial charge in [0.25, 0.3) is 11.8 Å². The van der Waals surface area contributed by atoms with E-state index in [1.54, 1.807) is 48.5 Å². The van der Waals surface area contributed by atoms with Crippen LogP contribution in [0.2, 0.25) is 0 Å².